The lowest BCUT2D eigenvalue weighted by Gasteiger charge is -2.13. The van der Waals surface area contributed by atoms with Gasteiger partial charge in [0.1, 0.15) is 0 Å². The Labute approximate surface area is 131 Å². The van der Waals surface area contributed by atoms with Gasteiger partial charge in [-0.2, -0.15) is 11.8 Å². The number of aryl methyl sites for hydroxylation is 1. The number of unbranched alkanes of at least 4 members (excludes halogenated alkanes) is 5. The molecule has 0 fully saturated rings. The number of rotatable bonds is 9. The first kappa shape index (κ1) is 16.3. The Balaban J connectivity index is 1.77. The van der Waals surface area contributed by atoms with Crippen molar-refractivity contribution in [1.82, 2.24) is 5.43 Å². The Kier molecular flexibility index (Phi) is 7.42. The van der Waals surface area contributed by atoms with E-state index in [1.54, 1.807) is 10.4 Å². The van der Waals surface area contributed by atoms with E-state index in [-0.39, 0.29) is 0 Å². The molecule has 0 aliphatic carbocycles. The van der Waals surface area contributed by atoms with Crippen molar-refractivity contribution >= 4 is 23.1 Å². The molecule has 1 aromatic heterocycles. The Morgan fingerprint density at radius 2 is 2.05 bits per heavy atom. The van der Waals surface area contributed by atoms with Crippen molar-refractivity contribution in [2.24, 2.45) is 5.84 Å². The van der Waals surface area contributed by atoms with Crippen LogP contribution in [0.5, 0.6) is 0 Å². The average molecular weight is 313 g/mol. The summed E-state index contributed by atoms with van der Waals surface area (Å²) in [5.41, 5.74) is 4.59. The molecule has 1 aliphatic rings. The number of fused-ring (bicyclic) bond motifs is 1. The van der Waals surface area contributed by atoms with E-state index < -0.39 is 0 Å². The van der Waals surface area contributed by atoms with Crippen LogP contribution in [0.15, 0.2) is 6.07 Å². The van der Waals surface area contributed by atoms with Gasteiger partial charge in [0.15, 0.2) is 0 Å². The molecule has 4 heteroatoms. The highest BCUT2D eigenvalue weighted by Crippen LogP contribution is 2.35. The minimum atomic E-state index is 0.363. The predicted octanol–water partition coefficient (Wildman–Crippen LogP) is 4.79. The van der Waals surface area contributed by atoms with Gasteiger partial charge in [-0.05, 0) is 30.2 Å². The molecular formula is C16H28N2S2. The second-order valence-electron chi connectivity index (χ2n) is 5.68. The highest BCUT2D eigenvalue weighted by atomic mass is 32.2. The molecule has 2 heterocycles. The summed E-state index contributed by atoms with van der Waals surface area (Å²) < 4.78 is 0. The summed E-state index contributed by atoms with van der Waals surface area (Å²) >= 11 is 4.04. The fourth-order valence-corrected chi connectivity index (χ4v) is 5.25. The van der Waals surface area contributed by atoms with Crippen LogP contribution in [0.2, 0.25) is 0 Å². The summed E-state index contributed by atoms with van der Waals surface area (Å²) in [5.74, 6) is 8.25. The molecular weight excluding hydrogens is 284 g/mol. The number of thiophene rings is 1. The second kappa shape index (κ2) is 9.08. The molecule has 1 unspecified atom stereocenters. The molecule has 0 bridgehead atoms. The van der Waals surface area contributed by atoms with Crippen LogP contribution in [0, 0.1) is 0 Å². The highest BCUT2D eigenvalue weighted by molar-refractivity contribution is 7.98. The van der Waals surface area contributed by atoms with E-state index in [2.05, 4.69) is 30.2 Å². The van der Waals surface area contributed by atoms with Crippen LogP contribution in [0.3, 0.4) is 0 Å². The van der Waals surface area contributed by atoms with Crippen LogP contribution >= 0.6 is 23.1 Å². The minimum Gasteiger partial charge on any atom is -0.271 e. The molecule has 0 aromatic carbocycles. The average Bonchev–Trinajstić information content (AvgIpc) is 2.90. The zero-order valence-electron chi connectivity index (χ0n) is 12.6. The number of thioether (sulfide) groups is 1. The van der Waals surface area contributed by atoms with E-state index in [0.717, 1.165) is 0 Å². The Morgan fingerprint density at radius 3 is 2.80 bits per heavy atom. The first-order valence-corrected chi connectivity index (χ1v) is 9.97. The molecule has 114 valence electrons. The number of nitrogens with one attached hydrogen (secondary N) is 1. The van der Waals surface area contributed by atoms with Crippen LogP contribution in [0.1, 0.15) is 73.2 Å². The molecule has 0 radical (unpaired) electrons. The van der Waals surface area contributed by atoms with Crippen molar-refractivity contribution in [3.05, 3.63) is 21.4 Å². The minimum absolute atomic E-state index is 0.363. The van der Waals surface area contributed by atoms with Crippen molar-refractivity contribution < 1.29 is 0 Å². The highest BCUT2D eigenvalue weighted by Gasteiger charge is 2.18. The maximum absolute atomic E-state index is 5.78. The van der Waals surface area contributed by atoms with Crippen molar-refractivity contribution in [3.63, 3.8) is 0 Å². The number of nitrogens with two attached hydrogens (primary N) is 1. The van der Waals surface area contributed by atoms with E-state index in [9.17, 15) is 0 Å². The van der Waals surface area contributed by atoms with Gasteiger partial charge in [-0.3, -0.25) is 11.3 Å². The molecule has 1 aromatic rings. The van der Waals surface area contributed by atoms with Gasteiger partial charge >= 0.3 is 0 Å². The zero-order valence-corrected chi connectivity index (χ0v) is 14.3. The third kappa shape index (κ3) is 4.76. The number of hydrogen-bond donors (Lipinski definition) is 2. The summed E-state index contributed by atoms with van der Waals surface area (Å²) in [6.45, 7) is 2.27. The molecule has 0 amide bonds. The smallest absolute Gasteiger partial charge is 0.0553 e. The van der Waals surface area contributed by atoms with E-state index in [4.69, 9.17) is 5.84 Å². The fourth-order valence-electron chi connectivity index (χ4n) is 2.78. The third-order valence-electron chi connectivity index (χ3n) is 4.04. The first-order valence-electron chi connectivity index (χ1n) is 8.00. The first-order chi connectivity index (χ1) is 9.85. The lowest BCUT2D eigenvalue weighted by atomic mass is 10.0. The van der Waals surface area contributed by atoms with Crippen LogP contribution < -0.4 is 11.3 Å². The summed E-state index contributed by atoms with van der Waals surface area (Å²) in [5, 5.41) is 0. The van der Waals surface area contributed by atoms with Gasteiger partial charge in [0, 0.05) is 15.5 Å². The van der Waals surface area contributed by atoms with Crippen LogP contribution in [-0.4, -0.2) is 5.75 Å². The topological polar surface area (TPSA) is 38.0 Å². The van der Waals surface area contributed by atoms with Gasteiger partial charge in [0.25, 0.3) is 0 Å². The number of hydrogen-bond acceptors (Lipinski definition) is 4. The van der Waals surface area contributed by atoms with Gasteiger partial charge in [-0.1, -0.05) is 45.4 Å². The summed E-state index contributed by atoms with van der Waals surface area (Å²) in [7, 11) is 0. The molecule has 3 N–H and O–H groups in total. The van der Waals surface area contributed by atoms with E-state index in [1.807, 2.05) is 11.3 Å². The third-order valence-corrected chi connectivity index (χ3v) is 6.40. The van der Waals surface area contributed by atoms with E-state index in [1.165, 1.54) is 67.7 Å². The number of hydrazine groups is 1. The van der Waals surface area contributed by atoms with Crippen molar-refractivity contribution in [2.75, 3.05) is 5.75 Å². The van der Waals surface area contributed by atoms with Crippen LogP contribution in [0.4, 0.5) is 0 Å². The summed E-state index contributed by atoms with van der Waals surface area (Å²) in [6, 6.07) is 2.76. The second-order valence-corrected chi connectivity index (χ2v) is 7.95. The molecule has 20 heavy (non-hydrogen) atoms. The summed E-state index contributed by atoms with van der Waals surface area (Å²) in [4.78, 5) is 3.05. The molecule has 1 atom stereocenters. The molecule has 0 saturated carbocycles. The monoisotopic (exact) mass is 312 g/mol. The molecule has 0 saturated heterocycles. The van der Waals surface area contributed by atoms with Crippen molar-refractivity contribution in [1.29, 1.82) is 0 Å². The predicted molar refractivity (Wildman–Crippen MR) is 92.2 cm³/mol. The summed E-state index contributed by atoms with van der Waals surface area (Å²) in [6.07, 6.45) is 10.5. The fraction of sp³-hybridized carbons (Fsp3) is 0.750. The molecule has 2 nitrogen and oxygen atoms in total. The van der Waals surface area contributed by atoms with Gasteiger partial charge in [0.2, 0.25) is 0 Å². The maximum atomic E-state index is 5.78. The lowest BCUT2D eigenvalue weighted by Crippen LogP contribution is -2.27. The SMILES string of the molecule is CCCCCCCCC(NN)c1cc2c(s1)CCSC2. The van der Waals surface area contributed by atoms with Crippen molar-refractivity contribution in [2.45, 2.75) is 70.1 Å². The lowest BCUT2D eigenvalue weighted by molar-refractivity contribution is 0.482. The van der Waals surface area contributed by atoms with Crippen LogP contribution in [-0.2, 0) is 12.2 Å². The largest absolute Gasteiger partial charge is 0.271 e. The van der Waals surface area contributed by atoms with Gasteiger partial charge in [-0.15, -0.1) is 11.3 Å². The van der Waals surface area contributed by atoms with Crippen LogP contribution in [0.25, 0.3) is 0 Å². The Bertz CT molecular complexity index is 366. The maximum Gasteiger partial charge on any atom is 0.0553 e. The van der Waals surface area contributed by atoms with Crippen molar-refractivity contribution in [3.8, 4) is 0 Å². The Hall–Kier alpha value is -0.0300. The molecule has 0 spiro atoms. The van der Waals surface area contributed by atoms with Gasteiger partial charge in [-0.25, -0.2) is 0 Å². The Morgan fingerprint density at radius 1 is 1.25 bits per heavy atom. The zero-order chi connectivity index (χ0) is 14.2. The quantitative estimate of drug-likeness (QED) is 0.391. The molecule has 1 aliphatic heterocycles. The van der Waals surface area contributed by atoms with E-state index >= 15 is 0 Å². The van der Waals surface area contributed by atoms with Gasteiger partial charge in [0.05, 0.1) is 6.04 Å². The standard InChI is InChI=1S/C16H28N2S2/c1-2-3-4-5-6-7-8-14(18-17)16-11-13-12-19-10-9-15(13)20-16/h11,14,18H,2-10,12,17H2,1H3. The molecule has 2 rings (SSSR count). The normalized spacial score (nSPS) is 16.1. The van der Waals surface area contributed by atoms with E-state index in [0.29, 0.717) is 6.04 Å². The van der Waals surface area contributed by atoms with Gasteiger partial charge < -0.3 is 0 Å².